The molecule has 0 spiro atoms. The molecule has 4 rings (SSSR count). The van der Waals surface area contributed by atoms with Gasteiger partial charge in [-0.05, 0) is 48.4 Å². The summed E-state index contributed by atoms with van der Waals surface area (Å²) in [7, 11) is 0. The van der Waals surface area contributed by atoms with Gasteiger partial charge >= 0.3 is 5.76 Å². The number of benzene rings is 2. The molecule has 0 radical (unpaired) electrons. The van der Waals surface area contributed by atoms with Crippen LogP contribution in [0.3, 0.4) is 0 Å². The van der Waals surface area contributed by atoms with Gasteiger partial charge < -0.3 is 9.32 Å². The topological polar surface area (TPSA) is 90.1 Å². The number of aromatic nitrogens is 1. The molecule has 1 aliphatic rings. The smallest absolute Gasteiger partial charge is 0.408 e. The molecule has 0 fully saturated rings. The van der Waals surface area contributed by atoms with Crippen molar-refractivity contribution in [3.8, 4) is 6.07 Å². The minimum absolute atomic E-state index is 0.0578. The SMILES string of the molecule is C[C@H]1c2cc(C#N)ccc2C(=O)N1Cc1ccc2[nH]c(=O)oc2c1. The summed E-state index contributed by atoms with van der Waals surface area (Å²) in [6.07, 6.45) is 0. The van der Waals surface area contributed by atoms with Crippen molar-refractivity contribution in [1.82, 2.24) is 9.88 Å². The van der Waals surface area contributed by atoms with Crippen molar-refractivity contribution in [2.45, 2.75) is 19.5 Å². The van der Waals surface area contributed by atoms with Gasteiger partial charge in [0.1, 0.15) is 0 Å². The lowest BCUT2D eigenvalue weighted by molar-refractivity contribution is 0.0723. The van der Waals surface area contributed by atoms with Gasteiger partial charge in [-0.25, -0.2) is 4.79 Å². The molecule has 24 heavy (non-hydrogen) atoms. The van der Waals surface area contributed by atoms with E-state index < -0.39 is 5.76 Å². The van der Waals surface area contributed by atoms with Gasteiger partial charge in [0.25, 0.3) is 5.91 Å². The number of amides is 1. The van der Waals surface area contributed by atoms with Crippen molar-refractivity contribution in [3.05, 3.63) is 69.2 Å². The van der Waals surface area contributed by atoms with Crippen LogP contribution in [-0.2, 0) is 6.54 Å². The fourth-order valence-electron chi connectivity index (χ4n) is 3.16. The van der Waals surface area contributed by atoms with Crippen molar-refractivity contribution in [2.75, 3.05) is 0 Å². The summed E-state index contributed by atoms with van der Waals surface area (Å²) in [6.45, 7) is 2.35. The number of oxazole rings is 1. The Balaban J connectivity index is 1.68. The van der Waals surface area contributed by atoms with Crippen LogP contribution < -0.4 is 5.76 Å². The number of carbonyl (C=O) groups is 1. The van der Waals surface area contributed by atoms with E-state index in [-0.39, 0.29) is 11.9 Å². The lowest BCUT2D eigenvalue weighted by atomic mass is 10.0. The second kappa shape index (κ2) is 5.10. The molecule has 1 N–H and O–H groups in total. The first-order valence-electron chi connectivity index (χ1n) is 7.53. The first-order chi connectivity index (χ1) is 11.6. The summed E-state index contributed by atoms with van der Waals surface area (Å²) < 4.78 is 5.07. The Bertz CT molecular complexity index is 1070. The minimum atomic E-state index is -0.496. The van der Waals surface area contributed by atoms with Crippen LogP contribution >= 0.6 is 0 Å². The first-order valence-corrected chi connectivity index (χ1v) is 7.53. The first kappa shape index (κ1) is 14.3. The fraction of sp³-hybridized carbons (Fsp3) is 0.167. The zero-order valence-corrected chi connectivity index (χ0v) is 12.9. The summed E-state index contributed by atoms with van der Waals surface area (Å²) in [4.78, 5) is 28.2. The van der Waals surface area contributed by atoms with Gasteiger partial charge in [-0.3, -0.25) is 9.78 Å². The molecular formula is C18H13N3O3. The summed E-state index contributed by atoms with van der Waals surface area (Å²) in [5, 5.41) is 9.04. The Hall–Kier alpha value is -3.33. The molecule has 1 atom stereocenters. The lowest BCUT2D eigenvalue weighted by Gasteiger charge is -2.22. The number of fused-ring (bicyclic) bond motifs is 2. The van der Waals surface area contributed by atoms with Gasteiger partial charge in [0.05, 0.1) is 23.2 Å². The summed E-state index contributed by atoms with van der Waals surface area (Å²) in [6, 6.07) is 12.5. The van der Waals surface area contributed by atoms with E-state index in [0.717, 1.165) is 11.1 Å². The summed E-state index contributed by atoms with van der Waals surface area (Å²) in [5.74, 6) is -0.554. The number of hydrogen-bond acceptors (Lipinski definition) is 4. The molecular weight excluding hydrogens is 306 g/mol. The van der Waals surface area contributed by atoms with Crippen molar-refractivity contribution in [2.24, 2.45) is 0 Å². The molecule has 0 aliphatic carbocycles. The third-order valence-corrected chi connectivity index (χ3v) is 4.43. The number of nitriles is 1. The Morgan fingerprint density at radius 2 is 2.08 bits per heavy atom. The maximum absolute atomic E-state index is 12.6. The largest absolute Gasteiger partial charge is 0.417 e. The molecule has 2 aromatic carbocycles. The van der Waals surface area contributed by atoms with Crippen molar-refractivity contribution in [3.63, 3.8) is 0 Å². The van der Waals surface area contributed by atoms with Gasteiger partial charge in [0, 0.05) is 12.1 Å². The zero-order chi connectivity index (χ0) is 16.8. The highest BCUT2D eigenvalue weighted by molar-refractivity contribution is 5.99. The van der Waals surface area contributed by atoms with Crippen LogP contribution in [0.25, 0.3) is 11.1 Å². The third-order valence-electron chi connectivity index (χ3n) is 4.43. The molecule has 3 aromatic rings. The minimum Gasteiger partial charge on any atom is -0.408 e. The molecule has 0 bridgehead atoms. The Labute approximate surface area is 136 Å². The van der Waals surface area contributed by atoms with E-state index in [1.165, 1.54) is 0 Å². The summed E-state index contributed by atoms with van der Waals surface area (Å²) in [5.41, 5.74) is 4.03. The van der Waals surface area contributed by atoms with Gasteiger partial charge in [0.15, 0.2) is 5.58 Å². The van der Waals surface area contributed by atoms with E-state index in [1.807, 2.05) is 13.0 Å². The van der Waals surface area contributed by atoms with Crippen molar-refractivity contribution < 1.29 is 9.21 Å². The van der Waals surface area contributed by atoms with Gasteiger partial charge in [-0.15, -0.1) is 0 Å². The Morgan fingerprint density at radius 1 is 1.25 bits per heavy atom. The van der Waals surface area contributed by atoms with Gasteiger partial charge in [0.2, 0.25) is 0 Å². The standard InChI is InChI=1S/C18H13N3O3/c1-10-14-6-11(8-19)2-4-13(14)17(22)21(10)9-12-3-5-15-16(7-12)24-18(23)20-15/h2-7,10H,9H2,1H3,(H,20,23)/t10-/m0/s1. The number of carbonyl (C=O) groups excluding carboxylic acids is 1. The highest BCUT2D eigenvalue weighted by Crippen LogP contribution is 2.35. The lowest BCUT2D eigenvalue weighted by Crippen LogP contribution is -2.26. The average molecular weight is 319 g/mol. The van der Waals surface area contributed by atoms with E-state index >= 15 is 0 Å². The van der Waals surface area contributed by atoms with E-state index in [4.69, 9.17) is 9.68 Å². The molecule has 118 valence electrons. The van der Waals surface area contributed by atoms with Crippen molar-refractivity contribution in [1.29, 1.82) is 5.26 Å². The summed E-state index contributed by atoms with van der Waals surface area (Å²) >= 11 is 0. The fourth-order valence-corrected chi connectivity index (χ4v) is 3.16. The average Bonchev–Trinajstić information content (AvgIpc) is 3.06. The highest BCUT2D eigenvalue weighted by atomic mass is 16.4. The number of hydrogen-bond donors (Lipinski definition) is 1. The molecule has 0 saturated heterocycles. The second-order valence-electron chi connectivity index (χ2n) is 5.87. The van der Waals surface area contributed by atoms with Crippen LogP contribution in [0, 0.1) is 11.3 Å². The number of rotatable bonds is 2. The monoisotopic (exact) mass is 319 g/mol. The van der Waals surface area contributed by atoms with Crippen LogP contribution in [0.5, 0.6) is 0 Å². The number of aromatic amines is 1. The maximum atomic E-state index is 12.6. The molecule has 2 heterocycles. The van der Waals surface area contributed by atoms with Crippen LogP contribution in [-0.4, -0.2) is 15.8 Å². The Morgan fingerprint density at radius 3 is 2.88 bits per heavy atom. The van der Waals surface area contributed by atoms with Gasteiger partial charge in [-0.1, -0.05) is 6.07 Å². The highest BCUT2D eigenvalue weighted by Gasteiger charge is 2.33. The van der Waals surface area contributed by atoms with E-state index in [0.29, 0.717) is 28.8 Å². The quantitative estimate of drug-likeness (QED) is 0.786. The van der Waals surface area contributed by atoms with Crippen molar-refractivity contribution >= 4 is 17.0 Å². The van der Waals surface area contributed by atoms with E-state index in [2.05, 4.69) is 11.1 Å². The molecule has 1 aromatic heterocycles. The Kier molecular flexibility index (Phi) is 3.03. The van der Waals surface area contributed by atoms with Crippen LogP contribution in [0.1, 0.15) is 40.0 Å². The molecule has 0 saturated carbocycles. The molecule has 1 aliphatic heterocycles. The number of nitrogens with one attached hydrogen (secondary N) is 1. The predicted molar refractivity (Wildman–Crippen MR) is 86.3 cm³/mol. The molecule has 0 unspecified atom stereocenters. The zero-order valence-electron chi connectivity index (χ0n) is 12.9. The normalized spacial score (nSPS) is 16.4. The molecule has 6 heteroatoms. The van der Waals surface area contributed by atoms with Crippen LogP contribution in [0.2, 0.25) is 0 Å². The van der Waals surface area contributed by atoms with E-state index in [9.17, 15) is 9.59 Å². The maximum Gasteiger partial charge on any atom is 0.417 e. The van der Waals surface area contributed by atoms with Crippen LogP contribution in [0.15, 0.2) is 45.6 Å². The predicted octanol–water partition coefficient (Wildman–Crippen LogP) is 2.71. The van der Waals surface area contributed by atoms with Gasteiger partial charge in [-0.2, -0.15) is 5.26 Å². The second-order valence-corrected chi connectivity index (χ2v) is 5.87. The number of nitrogens with zero attached hydrogens (tertiary/aromatic N) is 2. The number of H-pyrrole nitrogens is 1. The third kappa shape index (κ3) is 2.10. The van der Waals surface area contributed by atoms with Crippen LogP contribution in [0.4, 0.5) is 0 Å². The molecule has 6 nitrogen and oxygen atoms in total. The molecule has 1 amide bonds. The van der Waals surface area contributed by atoms with E-state index in [1.54, 1.807) is 35.2 Å².